The second-order valence-electron chi connectivity index (χ2n) is 5.33. The van der Waals surface area contributed by atoms with E-state index in [0.717, 1.165) is 32.6 Å². The molecule has 19 heavy (non-hydrogen) atoms. The molecule has 1 aliphatic heterocycles. The minimum atomic E-state index is -0.929. The number of aromatic nitrogens is 1. The van der Waals surface area contributed by atoms with E-state index in [2.05, 4.69) is 17.2 Å². The Morgan fingerprint density at radius 3 is 2.95 bits per heavy atom. The van der Waals surface area contributed by atoms with E-state index in [0.29, 0.717) is 12.2 Å². The number of hydrogen-bond donors (Lipinski definition) is 2. The Balaban J connectivity index is 1.90. The third-order valence-electron chi connectivity index (χ3n) is 3.66. The number of carbonyl (C=O) groups is 1. The summed E-state index contributed by atoms with van der Waals surface area (Å²) in [6.45, 7) is 5.19. The summed E-state index contributed by atoms with van der Waals surface area (Å²) in [7, 11) is 0. The third kappa shape index (κ3) is 3.75. The number of nitrogens with zero attached hydrogens (tertiary/aromatic N) is 1. The Morgan fingerprint density at radius 1 is 1.53 bits per heavy atom. The molecule has 0 unspecified atom stereocenters. The van der Waals surface area contributed by atoms with Gasteiger partial charge in [-0.15, -0.1) is 0 Å². The molecule has 0 amide bonds. The molecule has 5 heteroatoms. The lowest BCUT2D eigenvalue weighted by molar-refractivity contribution is 0.0239. The number of carboxylic acids is 1. The minimum absolute atomic E-state index is 0.233. The first-order valence-electron chi connectivity index (χ1n) is 6.56. The van der Waals surface area contributed by atoms with Gasteiger partial charge in [0.2, 0.25) is 0 Å². The van der Waals surface area contributed by atoms with Gasteiger partial charge in [0.25, 0.3) is 0 Å². The van der Waals surface area contributed by atoms with Gasteiger partial charge in [-0.05, 0) is 30.4 Å². The van der Waals surface area contributed by atoms with Crippen molar-refractivity contribution in [3.8, 4) is 0 Å². The van der Waals surface area contributed by atoms with Gasteiger partial charge in [-0.25, -0.2) is 4.79 Å². The fourth-order valence-electron chi connectivity index (χ4n) is 2.30. The van der Waals surface area contributed by atoms with Crippen LogP contribution in [-0.4, -0.2) is 35.8 Å². The fraction of sp³-hybridized carbons (Fsp3) is 0.571. The van der Waals surface area contributed by atoms with Crippen LogP contribution in [0.25, 0.3) is 0 Å². The highest BCUT2D eigenvalue weighted by atomic mass is 16.5. The Bertz CT molecular complexity index is 442. The molecule has 0 bridgehead atoms. The number of pyridine rings is 1. The van der Waals surface area contributed by atoms with Crippen LogP contribution in [0.2, 0.25) is 0 Å². The zero-order valence-corrected chi connectivity index (χ0v) is 11.2. The van der Waals surface area contributed by atoms with Crippen LogP contribution in [0.15, 0.2) is 18.3 Å². The molecular weight excluding hydrogens is 244 g/mol. The zero-order chi connectivity index (χ0) is 13.7. The largest absolute Gasteiger partial charge is 0.478 e. The van der Waals surface area contributed by atoms with E-state index >= 15 is 0 Å². The average molecular weight is 264 g/mol. The van der Waals surface area contributed by atoms with Crippen molar-refractivity contribution in [2.24, 2.45) is 5.41 Å². The highest BCUT2D eigenvalue weighted by molar-refractivity contribution is 5.88. The maximum atomic E-state index is 11.1. The highest BCUT2D eigenvalue weighted by Crippen LogP contribution is 2.28. The molecule has 0 atom stereocenters. The lowest BCUT2D eigenvalue weighted by Gasteiger charge is -2.33. The van der Waals surface area contributed by atoms with Gasteiger partial charge in [0.05, 0.1) is 11.3 Å². The Labute approximate surface area is 113 Å². The minimum Gasteiger partial charge on any atom is -0.478 e. The van der Waals surface area contributed by atoms with Crippen molar-refractivity contribution < 1.29 is 14.6 Å². The smallest absolute Gasteiger partial charge is 0.337 e. The van der Waals surface area contributed by atoms with Crippen LogP contribution in [0.4, 0.5) is 0 Å². The van der Waals surface area contributed by atoms with Crippen LogP contribution >= 0.6 is 0 Å². The summed E-state index contributed by atoms with van der Waals surface area (Å²) >= 11 is 0. The Morgan fingerprint density at radius 2 is 2.26 bits per heavy atom. The van der Waals surface area contributed by atoms with E-state index < -0.39 is 5.97 Å². The van der Waals surface area contributed by atoms with Crippen LogP contribution in [0.5, 0.6) is 0 Å². The molecule has 2 N–H and O–H groups in total. The molecule has 0 aliphatic carbocycles. The molecule has 0 spiro atoms. The van der Waals surface area contributed by atoms with Gasteiger partial charge < -0.3 is 15.2 Å². The molecule has 0 saturated carbocycles. The van der Waals surface area contributed by atoms with Gasteiger partial charge in [-0.1, -0.05) is 6.92 Å². The summed E-state index contributed by atoms with van der Waals surface area (Å²) in [5.41, 5.74) is 1.09. The molecule has 1 aliphatic rings. The molecular formula is C14H20N2O3. The Kier molecular flexibility index (Phi) is 4.50. The summed E-state index contributed by atoms with van der Waals surface area (Å²) in [5.74, 6) is -0.929. The predicted octanol–water partition coefficient (Wildman–Crippen LogP) is 1.69. The van der Waals surface area contributed by atoms with Crippen molar-refractivity contribution in [2.45, 2.75) is 26.3 Å². The molecule has 2 heterocycles. The van der Waals surface area contributed by atoms with E-state index in [4.69, 9.17) is 9.84 Å². The first-order chi connectivity index (χ1) is 9.11. The molecule has 1 aromatic heterocycles. The van der Waals surface area contributed by atoms with Crippen molar-refractivity contribution in [2.75, 3.05) is 19.8 Å². The predicted molar refractivity (Wildman–Crippen MR) is 71.1 cm³/mol. The standard InChI is InChI=1S/C14H20N2O3/c1-14(4-7-19-8-5-14)10-15-9-12-11(13(17)18)3-2-6-16-12/h2-3,6,15H,4-5,7-10H2,1H3,(H,17,18). The molecule has 2 rings (SSSR count). The van der Waals surface area contributed by atoms with Gasteiger partial charge in [-0.3, -0.25) is 4.98 Å². The number of aromatic carboxylic acids is 1. The molecule has 1 aromatic rings. The van der Waals surface area contributed by atoms with E-state index in [1.807, 2.05) is 0 Å². The lowest BCUT2D eigenvalue weighted by Crippen LogP contribution is -2.36. The number of rotatable bonds is 5. The SMILES string of the molecule is CC1(CNCc2ncccc2C(=O)O)CCOCC1. The molecule has 1 fully saturated rings. The van der Waals surface area contributed by atoms with Gasteiger partial charge in [0.15, 0.2) is 0 Å². The normalized spacial score (nSPS) is 18.2. The molecule has 5 nitrogen and oxygen atoms in total. The van der Waals surface area contributed by atoms with Gasteiger partial charge in [0.1, 0.15) is 0 Å². The summed E-state index contributed by atoms with van der Waals surface area (Å²) in [6, 6.07) is 3.23. The van der Waals surface area contributed by atoms with Gasteiger partial charge in [-0.2, -0.15) is 0 Å². The first kappa shape index (κ1) is 14.0. The highest BCUT2D eigenvalue weighted by Gasteiger charge is 2.26. The maximum Gasteiger partial charge on any atom is 0.337 e. The second-order valence-corrected chi connectivity index (χ2v) is 5.33. The van der Waals surface area contributed by atoms with Gasteiger partial charge in [0, 0.05) is 32.5 Å². The zero-order valence-electron chi connectivity index (χ0n) is 11.2. The molecule has 104 valence electrons. The van der Waals surface area contributed by atoms with Crippen molar-refractivity contribution in [3.05, 3.63) is 29.6 Å². The molecule has 1 saturated heterocycles. The topological polar surface area (TPSA) is 71.5 Å². The summed E-state index contributed by atoms with van der Waals surface area (Å²) in [6.07, 6.45) is 3.70. The first-order valence-corrected chi connectivity index (χ1v) is 6.56. The summed E-state index contributed by atoms with van der Waals surface area (Å²) < 4.78 is 5.36. The Hall–Kier alpha value is -1.46. The summed E-state index contributed by atoms with van der Waals surface area (Å²) in [4.78, 5) is 15.2. The van der Waals surface area contributed by atoms with Crippen LogP contribution in [0.1, 0.15) is 35.8 Å². The van der Waals surface area contributed by atoms with Crippen LogP contribution in [-0.2, 0) is 11.3 Å². The maximum absolute atomic E-state index is 11.1. The van der Waals surface area contributed by atoms with E-state index in [9.17, 15) is 4.79 Å². The number of carboxylic acid groups (broad SMARTS) is 1. The van der Waals surface area contributed by atoms with Crippen molar-refractivity contribution in [1.29, 1.82) is 0 Å². The third-order valence-corrected chi connectivity index (χ3v) is 3.66. The number of ether oxygens (including phenoxy) is 1. The van der Waals surface area contributed by atoms with E-state index in [1.54, 1.807) is 18.3 Å². The lowest BCUT2D eigenvalue weighted by atomic mass is 9.82. The summed E-state index contributed by atoms with van der Waals surface area (Å²) in [5, 5.41) is 12.4. The number of nitrogens with one attached hydrogen (secondary N) is 1. The second kappa shape index (κ2) is 6.12. The van der Waals surface area contributed by atoms with E-state index in [-0.39, 0.29) is 11.0 Å². The molecule has 0 aromatic carbocycles. The van der Waals surface area contributed by atoms with Gasteiger partial charge >= 0.3 is 5.97 Å². The van der Waals surface area contributed by atoms with Crippen molar-refractivity contribution in [1.82, 2.24) is 10.3 Å². The number of hydrogen-bond acceptors (Lipinski definition) is 4. The van der Waals surface area contributed by atoms with E-state index in [1.165, 1.54) is 0 Å². The van der Waals surface area contributed by atoms with Crippen LogP contribution in [0, 0.1) is 5.41 Å². The van der Waals surface area contributed by atoms with Crippen molar-refractivity contribution in [3.63, 3.8) is 0 Å². The van der Waals surface area contributed by atoms with Crippen LogP contribution in [0.3, 0.4) is 0 Å². The van der Waals surface area contributed by atoms with Crippen LogP contribution < -0.4 is 5.32 Å². The molecule has 0 radical (unpaired) electrons. The van der Waals surface area contributed by atoms with Crippen molar-refractivity contribution >= 4 is 5.97 Å². The fourth-order valence-corrected chi connectivity index (χ4v) is 2.30. The average Bonchev–Trinajstić information content (AvgIpc) is 2.40. The quantitative estimate of drug-likeness (QED) is 0.846. The monoisotopic (exact) mass is 264 g/mol.